The Kier molecular flexibility index (Phi) is 4.40. The van der Waals surface area contributed by atoms with Crippen molar-refractivity contribution in [3.8, 4) is 0 Å². The number of hydrogen-bond acceptors (Lipinski definition) is 5. The third-order valence-electron chi connectivity index (χ3n) is 2.32. The van der Waals surface area contributed by atoms with Crippen molar-refractivity contribution in [1.82, 2.24) is 9.97 Å². The Morgan fingerprint density at radius 3 is 2.24 bits per heavy atom. The highest BCUT2D eigenvalue weighted by molar-refractivity contribution is 6.42. The molecule has 21 heavy (non-hydrogen) atoms. The molecule has 4 N–H and O–H groups in total. The molecule has 0 aliphatic carbocycles. The third kappa shape index (κ3) is 3.87. The molecule has 0 atom stereocenters. The standard InChI is InChI=1S/C11H8Cl2F3N5/c12-6-2-1-5(3-7(6)13)18-8-4-9(21-17)20-10(19-8)11(14,15)16/h1-4H,17H2,(H2,18,19,20,21). The lowest BCUT2D eigenvalue weighted by molar-refractivity contribution is -0.144. The third-order valence-corrected chi connectivity index (χ3v) is 3.06. The summed E-state index contributed by atoms with van der Waals surface area (Å²) in [4.78, 5) is 6.62. The van der Waals surface area contributed by atoms with Crippen molar-refractivity contribution < 1.29 is 13.2 Å². The highest BCUT2D eigenvalue weighted by atomic mass is 35.5. The van der Waals surface area contributed by atoms with E-state index in [4.69, 9.17) is 29.0 Å². The lowest BCUT2D eigenvalue weighted by Crippen LogP contribution is -2.16. The summed E-state index contributed by atoms with van der Waals surface area (Å²) in [6.45, 7) is 0. The lowest BCUT2D eigenvalue weighted by Gasteiger charge is -2.11. The highest BCUT2D eigenvalue weighted by Crippen LogP contribution is 2.30. The van der Waals surface area contributed by atoms with Crippen molar-refractivity contribution in [3.63, 3.8) is 0 Å². The molecule has 0 bridgehead atoms. The molecule has 112 valence electrons. The van der Waals surface area contributed by atoms with Gasteiger partial charge in [0.2, 0.25) is 5.82 Å². The fourth-order valence-corrected chi connectivity index (χ4v) is 1.73. The van der Waals surface area contributed by atoms with Crippen LogP contribution in [0.2, 0.25) is 10.0 Å². The minimum atomic E-state index is -4.69. The number of nitrogen functional groups attached to an aromatic ring is 1. The van der Waals surface area contributed by atoms with Crippen molar-refractivity contribution in [2.24, 2.45) is 5.84 Å². The second kappa shape index (κ2) is 5.92. The largest absolute Gasteiger partial charge is 0.451 e. The van der Waals surface area contributed by atoms with Crippen molar-refractivity contribution in [2.45, 2.75) is 6.18 Å². The van der Waals surface area contributed by atoms with Gasteiger partial charge in [-0.25, -0.2) is 15.8 Å². The van der Waals surface area contributed by atoms with E-state index in [1.54, 1.807) is 6.07 Å². The van der Waals surface area contributed by atoms with E-state index in [-0.39, 0.29) is 16.7 Å². The number of halogens is 5. The zero-order valence-corrected chi connectivity index (χ0v) is 11.7. The topological polar surface area (TPSA) is 75.9 Å². The first kappa shape index (κ1) is 15.6. The van der Waals surface area contributed by atoms with E-state index in [9.17, 15) is 13.2 Å². The van der Waals surface area contributed by atoms with Crippen LogP contribution in [0.4, 0.5) is 30.5 Å². The van der Waals surface area contributed by atoms with Crippen LogP contribution in [0.3, 0.4) is 0 Å². The van der Waals surface area contributed by atoms with Crippen LogP contribution < -0.4 is 16.6 Å². The highest BCUT2D eigenvalue weighted by Gasteiger charge is 2.35. The number of anilines is 3. The van der Waals surface area contributed by atoms with Gasteiger partial charge in [-0.05, 0) is 18.2 Å². The van der Waals surface area contributed by atoms with Crippen LogP contribution in [0.1, 0.15) is 5.82 Å². The minimum Gasteiger partial charge on any atom is -0.340 e. The van der Waals surface area contributed by atoms with Crippen LogP contribution in [0.5, 0.6) is 0 Å². The quantitative estimate of drug-likeness (QED) is 0.586. The average Bonchev–Trinajstić information content (AvgIpc) is 2.41. The maximum atomic E-state index is 12.7. The van der Waals surface area contributed by atoms with Gasteiger partial charge in [-0.2, -0.15) is 13.2 Å². The van der Waals surface area contributed by atoms with Gasteiger partial charge in [-0.15, -0.1) is 0 Å². The summed E-state index contributed by atoms with van der Waals surface area (Å²) in [6.07, 6.45) is -4.69. The molecule has 1 aromatic heterocycles. The fraction of sp³-hybridized carbons (Fsp3) is 0.0909. The Balaban J connectivity index is 2.36. The van der Waals surface area contributed by atoms with Gasteiger partial charge < -0.3 is 10.7 Å². The van der Waals surface area contributed by atoms with Crippen molar-refractivity contribution in [2.75, 3.05) is 10.7 Å². The molecule has 0 spiro atoms. The van der Waals surface area contributed by atoms with E-state index in [2.05, 4.69) is 15.3 Å². The summed E-state index contributed by atoms with van der Waals surface area (Å²) in [5, 5.41) is 3.25. The summed E-state index contributed by atoms with van der Waals surface area (Å²) < 4.78 is 38.0. The van der Waals surface area contributed by atoms with E-state index in [0.717, 1.165) is 0 Å². The summed E-state index contributed by atoms with van der Waals surface area (Å²) in [6, 6.07) is 5.71. The second-order valence-corrected chi connectivity index (χ2v) is 4.67. The van der Waals surface area contributed by atoms with Gasteiger partial charge in [0.05, 0.1) is 10.0 Å². The number of nitrogens with two attached hydrogens (primary N) is 1. The zero-order valence-electron chi connectivity index (χ0n) is 10.2. The van der Waals surface area contributed by atoms with Crippen molar-refractivity contribution in [3.05, 3.63) is 40.1 Å². The van der Waals surface area contributed by atoms with Crippen LogP contribution >= 0.6 is 23.2 Å². The van der Waals surface area contributed by atoms with E-state index < -0.39 is 12.0 Å². The first-order valence-electron chi connectivity index (χ1n) is 5.44. The maximum Gasteiger partial charge on any atom is 0.451 e. The Morgan fingerprint density at radius 2 is 1.67 bits per heavy atom. The number of hydrogen-bond donors (Lipinski definition) is 3. The molecule has 2 rings (SSSR count). The van der Waals surface area contributed by atoms with Crippen LogP contribution in [0.15, 0.2) is 24.3 Å². The average molecular weight is 338 g/mol. The number of hydrazine groups is 1. The van der Waals surface area contributed by atoms with Gasteiger partial charge in [0.15, 0.2) is 0 Å². The molecule has 2 aromatic rings. The normalized spacial score (nSPS) is 11.3. The molecule has 0 saturated heterocycles. The van der Waals surface area contributed by atoms with Crippen molar-refractivity contribution >= 4 is 40.5 Å². The molecular weight excluding hydrogens is 330 g/mol. The van der Waals surface area contributed by atoms with Crippen LogP contribution in [0, 0.1) is 0 Å². The molecule has 0 radical (unpaired) electrons. The van der Waals surface area contributed by atoms with Gasteiger partial charge in [0.25, 0.3) is 0 Å². The maximum absolute atomic E-state index is 12.7. The van der Waals surface area contributed by atoms with E-state index in [1.165, 1.54) is 18.2 Å². The zero-order chi connectivity index (χ0) is 15.6. The molecule has 0 aliphatic rings. The van der Waals surface area contributed by atoms with E-state index in [0.29, 0.717) is 10.7 Å². The number of nitrogens with one attached hydrogen (secondary N) is 2. The number of alkyl halides is 3. The monoisotopic (exact) mass is 337 g/mol. The number of benzene rings is 1. The minimum absolute atomic E-state index is 0.0938. The fourth-order valence-electron chi connectivity index (χ4n) is 1.43. The first-order chi connectivity index (χ1) is 9.79. The van der Waals surface area contributed by atoms with Gasteiger partial charge >= 0.3 is 6.18 Å². The van der Waals surface area contributed by atoms with Crippen LogP contribution in [-0.4, -0.2) is 9.97 Å². The summed E-state index contributed by atoms with van der Waals surface area (Å²) >= 11 is 11.6. The second-order valence-electron chi connectivity index (χ2n) is 3.86. The predicted molar refractivity (Wildman–Crippen MR) is 74.6 cm³/mol. The summed E-state index contributed by atoms with van der Waals surface area (Å²) in [5.74, 6) is 3.50. The Labute approximate surface area is 127 Å². The number of rotatable bonds is 3. The summed E-state index contributed by atoms with van der Waals surface area (Å²) in [7, 11) is 0. The summed E-state index contributed by atoms with van der Waals surface area (Å²) in [5.41, 5.74) is 2.46. The molecule has 0 unspecified atom stereocenters. The molecule has 1 heterocycles. The van der Waals surface area contributed by atoms with Gasteiger partial charge in [0.1, 0.15) is 11.6 Å². The van der Waals surface area contributed by atoms with Crippen LogP contribution in [0.25, 0.3) is 0 Å². The van der Waals surface area contributed by atoms with Crippen LogP contribution in [-0.2, 0) is 6.18 Å². The molecule has 5 nitrogen and oxygen atoms in total. The molecular formula is C11H8Cl2F3N5. The Morgan fingerprint density at radius 1 is 1.00 bits per heavy atom. The molecule has 0 amide bonds. The van der Waals surface area contributed by atoms with Crippen molar-refractivity contribution in [1.29, 1.82) is 0 Å². The van der Waals surface area contributed by atoms with Gasteiger partial charge in [0, 0.05) is 11.8 Å². The number of aromatic nitrogens is 2. The predicted octanol–water partition coefficient (Wildman–Crippen LogP) is 3.83. The lowest BCUT2D eigenvalue weighted by atomic mass is 10.3. The number of nitrogens with zero attached hydrogens (tertiary/aromatic N) is 2. The first-order valence-corrected chi connectivity index (χ1v) is 6.20. The SMILES string of the molecule is NNc1cc(Nc2ccc(Cl)c(Cl)c2)nc(C(F)(F)F)n1. The van der Waals surface area contributed by atoms with E-state index in [1.807, 2.05) is 5.43 Å². The Hall–Kier alpha value is -1.77. The molecule has 10 heteroatoms. The smallest absolute Gasteiger partial charge is 0.340 e. The molecule has 0 saturated carbocycles. The van der Waals surface area contributed by atoms with Gasteiger partial charge in [-0.1, -0.05) is 23.2 Å². The van der Waals surface area contributed by atoms with Gasteiger partial charge in [-0.3, -0.25) is 0 Å². The Bertz CT molecular complexity index is 663. The molecule has 1 aromatic carbocycles. The molecule has 0 aliphatic heterocycles. The van der Waals surface area contributed by atoms with E-state index >= 15 is 0 Å². The molecule has 0 fully saturated rings.